The van der Waals surface area contributed by atoms with Gasteiger partial charge < -0.3 is 9.84 Å². The lowest BCUT2D eigenvalue weighted by Crippen LogP contribution is -2.13. The van der Waals surface area contributed by atoms with Crippen molar-refractivity contribution in [3.8, 4) is 5.75 Å². The SMILES string of the molecule is Cc1cc(OC2CCC(O)C2)cc(C)c1Br. The van der Waals surface area contributed by atoms with E-state index >= 15 is 0 Å². The first-order valence-corrected chi connectivity index (χ1v) is 6.47. The summed E-state index contributed by atoms with van der Waals surface area (Å²) in [4.78, 5) is 0. The Balaban J connectivity index is 2.10. The summed E-state index contributed by atoms with van der Waals surface area (Å²) >= 11 is 3.54. The Morgan fingerprint density at radius 2 is 1.88 bits per heavy atom. The van der Waals surface area contributed by atoms with Crippen LogP contribution in [-0.4, -0.2) is 17.3 Å². The first kappa shape index (κ1) is 11.9. The van der Waals surface area contributed by atoms with Gasteiger partial charge in [0.15, 0.2) is 0 Å². The summed E-state index contributed by atoms with van der Waals surface area (Å²) in [5.41, 5.74) is 2.38. The van der Waals surface area contributed by atoms with Crippen LogP contribution in [0, 0.1) is 13.8 Å². The number of hydrogen-bond acceptors (Lipinski definition) is 2. The number of aliphatic hydroxyl groups is 1. The van der Waals surface area contributed by atoms with Crippen molar-refractivity contribution in [2.45, 2.75) is 45.3 Å². The van der Waals surface area contributed by atoms with Crippen LogP contribution in [0.15, 0.2) is 16.6 Å². The Labute approximate surface area is 105 Å². The average Bonchev–Trinajstić information content (AvgIpc) is 2.60. The van der Waals surface area contributed by atoms with Crippen LogP contribution in [0.5, 0.6) is 5.75 Å². The van der Waals surface area contributed by atoms with Crippen molar-refractivity contribution in [1.82, 2.24) is 0 Å². The van der Waals surface area contributed by atoms with E-state index in [0.29, 0.717) is 0 Å². The molecule has 0 saturated heterocycles. The molecule has 2 unspecified atom stereocenters. The summed E-state index contributed by atoms with van der Waals surface area (Å²) in [6.45, 7) is 4.13. The highest BCUT2D eigenvalue weighted by molar-refractivity contribution is 9.10. The maximum absolute atomic E-state index is 9.44. The molecule has 1 N–H and O–H groups in total. The molecule has 0 bridgehead atoms. The molecule has 3 heteroatoms. The van der Waals surface area contributed by atoms with E-state index in [0.717, 1.165) is 29.5 Å². The number of benzene rings is 1. The fourth-order valence-electron chi connectivity index (χ4n) is 2.19. The van der Waals surface area contributed by atoms with E-state index in [1.165, 1.54) is 11.1 Å². The lowest BCUT2D eigenvalue weighted by atomic mass is 10.1. The molecule has 1 aromatic carbocycles. The summed E-state index contributed by atoms with van der Waals surface area (Å²) in [5.74, 6) is 0.914. The van der Waals surface area contributed by atoms with Gasteiger partial charge in [0.1, 0.15) is 11.9 Å². The Morgan fingerprint density at radius 1 is 1.25 bits per heavy atom. The maximum atomic E-state index is 9.44. The average molecular weight is 285 g/mol. The van der Waals surface area contributed by atoms with Gasteiger partial charge in [0, 0.05) is 10.9 Å². The van der Waals surface area contributed by atoms with Gasteiger partial charge in [-0.3, -0.25) is 0 Å². The standard InChI is InChI=1S/C13H17BrO2/c1-8-5-12(6-9(2)13(8)14)16-11-4-3-10(15)7-11/h5-6,10-11,15H,3-4,7H2,1-2H3. The van der Waals surface area contributed by atoms with Gasteiger partial charge in [0.2, 0.25) is 0 Å². The molecule has 2 rings (SSSR count). The zero-order chi connectivity index (χ0) is 11.7. The van der Waals surface area contributed by atoms with E-state index < -0.39 is 0 Å². The number of ether oxygens (including phenoxy) is 1. The summed E-state index contributed by atoms with van der Waals surface area (Å²) in [6.07, 6.45) is 2.57. The lowest BCUT2D eigenvalue weighted by molar-refractivity contribution is 0.149. The van der Waals surface area contributed by atoms with Gasteiger partial charge in [0.25, 0.3) is 0 Å². The quantitative estimate of drug-likeness (QED) is 0.903. The van der Waals surface area contributed by atoms with E-state index in [1.54, 1.807) is 0 Å². The molecule has 0 heterocycles. The fourth-order valence-corrected chi connectivity index (χ4v) is 2.42. The molecular formula is C13H17BrO2. The molecule has 0 spiro atoms. The predicted octanol–water partition coefficient (Wildman–Crippen LogP) is 3.36. The van der Waals surface area contributed by atoms with Crippen LogP contribution in [0.4, 0.5) is 0 Å². The van der Waals surface area contributed by atoms with Gasteiger partial charge in [-0.15, -0.1) is 0 Å². The van der Waals surface area contributed by atoms with Gasteiger partial charge in [0.05, 0.1) is 6.10 Å². The number of rotatable bonds is 2. The summed E-state index contributed by atoms with van der Waals surface area (Å²) in [6, 6.07) is 4.09. The highest BCUT2D eigenvalue weighted by Crippen LogP contribution is 2.29. The zero-order valence-electron chi connectivity index (χ0n) is 9.66. The molecule has 0 aromatic heterocycles. The van der Waals surface area contributed by atoms with Crippen molar-refractivity contribution in [2.24, 2.45) is 0 Å². The maximum Gasteiger partial charge on any atom is 0.120 e. The highest BCUT2D eigenvalue weighted by atomic mass is 79.9. The van der Waals surface area contributed by atoms with Crippen LogP contribution in [0.25, 0.3) is 0 Å². The normalized spacial score (nSPS) is 24.8. The topological polar surface area (TPSA) is 29.5 Å². The number of aliphatic hydroxyl groups excluding tert-OH is 1. The minimum Gasteiger partial charge on any atom is -0.490 e. The number of hydrogen-bond donors (Lipinski definition) is 1. The Hall–Kier alpha value is -0.540. The molecule has 1 fully saturated rings. The van der Waals surface area contributed by atoms with Crippen molar-refractivity contribution in [3.63, 3.8) is 0 Å². The van der Waals surface area contributed by atoms with Crippen LogP contribution in [-0.2, 0) is 0 Å². The fraction of sp³-hybridized carbons (Fsp3) is 0.538. The van der Waals surface area contributed by atoms with Gasteiger partial charge in [-0.2, -0.15) is 0 Å². The third-order valence-electron chi connectivity index (χ3n) is 3.07. The molecule has 16 heavy (non-hydrogen) atoms. The third kappa shape index (κ3) is 2.58. The molecule has 1 aromatic rings. The van der Waals surface area contributed by atoms with Crippen molar-refractivity contribution in [2.75, 3.05) is 0 Å². The predicted molar refractivity (Wildman–Crippen MR) is 67.9 cm³/mol. The second kappa shape index (κ2) is 4.76. The second-order valence-electron chi connectivity index (χ2n) is 4.58. The molecule has 0 aliphatic heterocycles. The molecule has 2 nitrogen and oxygen atoms in total. The Kier molecular flexibility index (Phi) is 3.55. The molecule has 1 aliphatic carbocycles. The number of halogens is 1. The van der Waals surface area contributed by atoms with Crippen molar-refractivity contribution in [1.29, 1.82) is 0 Å². The van der Waals surface area contributed by atoms with Gasteiger partial charge in [-0.05, 0) is 49.9 Å². The van der Waals surface area contributed by atoms with E-state index in [-0.39, 0.29) is 12.2 Å². The van der Waals surface area contributed by atoms with E-state index in [9.17, 15) is 5.11 Å². The van der Waals surface area contributed by atoms with Crippen LogP contribution >= 0.6 is 15.9 Å². The van der Waals surface area contributed by atoms with E-state index in [1.807, 2.05) is 12.1 Å². The molecule has 1 saturated carbocycles. The third-order valence-corrected chi connectivity index (χ3v) is 4.32. The Morgan fingerprint density at radius 3 is 2.38 bits per heavy atom. The molecule has 2 atom stereocenters. The van der Waals surface area contributed by atoms with E-state index in [2.05, 4.69) is 29.8 Å². The van der Waals surface area contributed by atoms with Crippen LogP contribution in [0.2, 0.25) is 0 Å². The smallest absolute Gasteiger partial charge is 0.120 e. The van der Waals surface area contributed by atoms with Crippen molar-refractivity contribution >= 4 is 15.9 Å². The first-order valence-electron chi connectivity index (χ1n) is 5.67. The van der Waals surface area contributed by atoms with Crippen LogP contribution < -0.4 is 4.74 Å². The summed E-state index contributed by atoms with van der Waals surface area (Å²) in [7, 11) is 0. The highest BCUT2D eigenvalue weighted by Gasteiger charge is 2.24. The molecule has 1 aliphatic rings. The lowest BCUT2D eigenvalue weighted by Gasteiger charge is -2.15. The van der Waals surface area contributed by atoms with Gasteiger partial charge >= 0.3 is 0 Å². The molecule has 88 valence electrons. The van der Waals surface area contributed by atoms with E-state index in [4.69, 9.17) is 4.74 Å². The summed E-state index contributed by atoms with van der Waals surface area (Å²) < 4.78 is 7.03. The van der Waals surface area contributed by atoms with Crippen molar-refractivity contribution in [3.05, 3.63) is 27.7 Å². The largest absolute Gasteiger partial charge is 0.490 e. The van der Waals surface area contributed by atoms with Crippen LogP contribution in [0.3, 0.4) is 0 Å². The molecule has 0 radical (unpaired) electrons. The minimum absolute atomic E-state index is 0.176. The zero-order valence-corrected chi connectivity index (χ0v) is 11.3. The minimum atomic E-state index is -0.178. The Bertz CT molecular complexity index is 367. The molecule has 0 amide bonds. The summed E-state index contributed by atoms with van der Waals surface area (Å²) in [5, 5.41) is 9.44. The first-order chi connectivity index (χ1) is 7.56. The monoisotopic (exact) mass is 284 g/mol. The second-order valence-corrected chi connectivity index (χ2v) is 5.37. The van der Waals surface area contributed by atoms with Crippen molar-refractivity contribution < 1.29 is 9.84 Å². The van der Waals surface area contributed by atoms with Crippen LogP contribution in [0.1, 0.15) is 30.4 Å². The number of aryl methyl sites for hydroxylation is 2. The molecular weight excluding hydrogens is 268 g/mol. The van der Waals surface area contributed by atoms with Gasteiger partial charge in [-0.25, -0.2) is 0 Å². The van der Waals surface area contributed by atoms with Gasteiger partial charge in [-0.1, -0.05) is 15.9 Å².